The molecule has 1 amide bonds. The molecule has 0 aliphatic carbocycles. The smallest absolute Gasteiger partial charge is 0.482 e. The van der Waals surface area contributed by atoms with Crippen molar-refractivity contribution in [3.05, 3.63) is 29.5 Å². The Kier molecular flexibility index (Phi) is 6.04. The van der Waals surface area contributed by atoms with Crippen LogP contribution in [0.3, 0.4) is 0 Å². The fourth-order valence-electron chi connectivity index (χ4n) is 4.59. The molecule has 0 saturated carbocycles. The molecule has 3 heterocycles. The summed E-state index contributed by atoms with van der Waals surface area (Å²) in [6.45, 7) is 6.50. The van der Waals surface area contributed by atoms with Gasteiger partial charge in [-0.1, -0.05) is 0 Å². The Balaban J connectivity index is 1.74. The van der Waals surface area contributed by atoms with Crippen LogP contribution in [-0.4, -0.2) is 65.0 Å². The zero-order valence-electron chi connectivity index (χ0n) is 20.3. The summed E-state index contributed by atoms with van der Waals surface area (Å²) >= 11 is 0. The number of aromatic nitrogens is 1. The largest absolute Gasteiger partial charge is 0.573 e. The summed E-state index contributed by atoms with van der Waals surface area (Å²) in [5.74, 6) is -1.54. The molecule has 1 aromatic heterocycles. The van der Waals surface area contributed by atoms with E-state index in [9.17, 15) is 27.6 Å². The molecular formula is C24H25F3N2O7. The molecule has 1 spiro atoms. The number of fused-ring (bicyclic) bond motifs is 3. The molecule has 4 rings (SSSR count). The molecular weight excluding hydrogens is 485 g/mol. The third kappa shape index (κ3) is 4.89. The zero-order valence-corrected chi connectivity index (χ0v) is 20.3. The lowest BCUT2D eigenvalue weighted by Gasteiger charge is -2.35. The van der Waals surface area contributed by atoms with Crippen LogP contribution in [0.15, 0.2) is 18.2 Å². The quantitative estimate of drug-likeness (QED) is 0.550. The Morgan fingerprint density at radius 2 is 1.92 bits per heavy atom. The standard InChI is InChI=1S/C24H25F3N2O7/c1-12-19-18(14-8-13(34-24(25,26)27)6-7-15(14)28-12)17(30)10-23(35-19)9-16(20(31)33-5)29(11-23)21(32)36-22(2,3)4/h6-8,16H,9-11H2,1-5H3/t16-,23?/m0/s1. The maximum Gasteiger partial charge on any atom is 0.573 e. The maximum absolute atomic E-state index is 13.4. The SMILES string of the molecule is COC(=O)[C@@H]1CC2(CC(=O)c3c(c(C)nc4ccc(OC(F)(F)F)cc34)O2)CN1C(=O)OC(C)(C)C. The number of likely N-dealkylation sites (tertiary alicyclic amines) is 1. The highest BCUT2D eigenvalue weighted by molar-refractivity contribution is 6.11. The third-order valence-corrected chi connectivity index (χ3v) is 5.90. The zero-order chi connectivity index (χ0) is 26.6. The molecule has 0 N–H and O–H groups in total. The first-order valence-electron chi connectivity index (χ1n) is 11.1. The first-order valence-corrected chi connectivity index (χ1v) is 11.1. The molecule has 9 nitrogen and oxygen atoms in total. The molecule has 12 heteroatoms. The van der Waals surface area contributed by atoms with Crippen LogP contribution in [0.1, 0.15) is 49.7 Å². The van der Waals surface area contributed by atoms with Gasteiger partial charge in [-0.05, 0) is 45.9 Å². The number of ether oxygens (including phenoxy) is 4. The summed E-state index contributed by atoms with van der Waals surface area (Å²) < 4.78 is 58.8. The van der Waals surface area contributed by atoms with Gasteiger partial charge in [0.15, 0.2) is 11.5 Å². The molecule has 2 aliphatic heterocycles. The van der Waals surface area contributed by atoms with Gasteiger partial charge < -0.3 is 18.9 Å². The lowest BCUT2D eigenvalue weighted by Crippen LogP contribution is -2.47. The minimum Gasteiger partial charge on any atom is -0.482 e. The molecule has 1 aromatic carbocycles. The van der Waals surface area contributed by atoms with Gasteiger partial charge in [0.25, 0.3) is 0 Å². The van der Waals surface area contributed by atoms with Crippen molar-refractivity contribution >= 4 is 28.7 Å². The number of pyridine rings is 1. The average Bonchev–Trinajstić information content (AvgIpc) is 3.10. The number of Topliss-reactive ketones (excluding diaryl/α,β-unsaturated/α-hetero) is 1. The van der Waals surface area contributed by atoms with E-state index < -0.39 is 47.2 Å². The van der Waals surface area contributed by atoms with Crippen molar-refractivity contribution in [2.45, 2.75) is 64.1 Å². The van der Waals surface area contributed by atoms with Crippen molar-refractivity contribution in [3.63, 3.8) is 0 Å². The monoisotopic (exact) mass is 510 g/mol. The predicted molar refractivity (Wildman–Crippen MR) is 119 cm³/mol. The second-order valence-electron chi connectivity index (χ2n) is 9.86. The molecule has 2 aromatic rings. The minimum atomic E-state index is -4.91. The van der Waals surface area contributed by atoms with E-state index in [4.69, 9.17) is 14.2 Å². The van der Waals surface area contributed by atoms with Crippen LogP contribution in [0.2, 0.25) is 0 Å². The highest BCUT2D eigenvalue weighted by Gasteiger charge is 2.55. The molecule has 0 radical (unpaired) electrons. The number of carbonyl (C=O) groups excluding carboxylic acids is 3. The van der Waals surface area contributed by atoms with E-state index >= 15 is 0 Å². The van der Waals surface area contributed by atoms with Crippen LogP contribution in [0.25, 0.3) is 10.9 Å². The fraction of sp³-hybridized carbons (Fsp3) is 0.500. The number of amides is 1. The number of methoxy groups -OCH3 is 1. The number of hydrogen-bond acceptors (Lipinski definition) is 8. The van der Waals surface area contributed by atoms with Gasteiger partial charge in [0, 0.05) is 11.8 Å². The van der Waals surface area contributed by atoms with E-state index in [1.165, 1.54) is 18.1 Å². The Hall–Kier alpha value is -3.57. The lowest BCUT2D eigenvalue weighted by atomic mass is 9.86. The summed E-state index contributed by atoms with van der Waals surface area (Å²) in [7, 11) is 1.18. The number of halogens is 3. The van der Waals surface area contributed by atoms with Gasteiger partial charge in [-0.15, -0.1) is 13.2 Å². The van der Waals surface area contributed by atoms with Gasteiger partial charge in [0.1, 0.15) is 23.0 Å². The Morgan fingerprint density at radius 1 is 1.22 bits per heavy atom. The number of rotatable bonds is 2. The van der Waals surface area contributed by atoms with Crippen molar-refractivity contribution in [2.24, 2.45) is 0 Å². The van der Waals surface area contributed by atoms with Gasteiger partial charge in [-0.3, -0.25) is 9.69 Å². The van der Waals surface area contributed by atoms with Crippen LogP contribution < -0.4 is 9.47 Å². The van der Waals surface area contributed by atoms with Gasteiger partial charge in [0.2, 0.25) is 0 Å². The van der Waals surface area contributed by atoms with Crippen LogP contribution in [0.4, 0.5) is 18.0 Å². The van der Waals surface area contributed by atoms with Crippen molar-refractivity contribution in [1.29, 1.82) is 0 Å². The van der Waals surface area contributed by atoms with Gasteiger partial charge >= 0.3 is 18.4 Å². The van der Waals surface area contributed by atoms with E-state index in [0.717, 1.165) is 12.1 Å². The van der Waals surface area contributed by atoms with Crippen molar-refractivity contribution < 1.29 is 46.5 Å². The molecule has 1 fully saturated rings. The maximum atomic E-state index is 13.4. The fourth-order valence-corrected chi connectivity index (χ4v) is 4.59. The van der Waals surface area contributed by atoms with Crippen LogP contribution in [0.5, 0.6) is 11.5 Å². The highest BCUT2D eigenvalue weighted by atomic mass is 19.4. The minimum absolute atomic E-state index is 0.0429. The van der Waals surface area contributed by atoms with Crippen LogP contribution >= 0.6 is 0 Å². The van der Waals surface area contributed by atoms with Gasteiger partial charge in [-0.25, -0.2) is 14.6 Å². The highest BCUT2D eigenvalue weighted by Crippen LogP contribution is 2.45. The first kappa shape index (κ1) is 25.5. The summed E-state index contributed by atoms with van der Waals surface area (Å²) in [6.07, 6.45) is -5.94. The molecule has 2 aliphatic rings. The topological polar surface area (TPSA) is 104 Å². The number of carbonyl (C=O) groups is 3. The summed E-state index contributed by atoms with van der Waals surface area (Å²) in [5.41, 5.74) is -1.41. The molecule has 1 unspecified atom stereocenters. The molecule has 2 atom stereocenters. The summed E-state index contributed by atoms with van der Waals surface area (Å²) in [5, 5.41) is 0.142. The first-order chi connectivity index (χ1) is 16.6. The number of esters is 1. The third-order valence-electron chi connectivity index (χ3n) is 5.90. The Morgan fingerprint density at radius 3 is 2.53 bits per heavy atom. The molecule has 36 heavy (non-hydrogen) atoms. The van der Waals surface area contributed by atoms with Crippen molar-refractivity contribution in [1.82, 2.24) is 9.88 Å². The average molecular weight is 510 g/mol. The number of nitrogens with zero attached hydrogens (tertiary/aromatic N) is 2. The number of hydrogen-bond donors (Lipinski definition) is 0. The van der Waals surface area contributed by atoms with E-state index in [-0.39, 0.29) is 36.1 Å². The van der Waals surface area contributed by atoms with Crippen molar-refractivity contribution in [3.8, 4) is 11.5 Å². The number of benzene rings is 1. The second-order valence-corrected chi connectivity index (χ2v) is 9.86. The molecule has 0 bridgehead atoms. The van der Waals surface area contributed by atoms with E-state index in [1.54, 1.807) is 27.7 Å². The molecule has 1 saturated heterocycles. The normalized spacial score (nSPS) is 21.8. The van der Waals surface area contributed by atoms with Gasteiger partial charge in [-0.2, -0.15) is 0 Å². The molecule has 194 valence electrons. The Labute approximate surface area is 204 Å². The van der Waals surface area contributed by atoms with E-state index in [1.807, 2.05) is 0 Å². The van der Waals surface area contributed by atoms with Crippen LogP contribution in [0, 0.1) is 6.92 Å². The van der Waals surface area contributed by atoms with E-state index in [2.05, 4.69) is 9.72 Å². The lowest BCUT2D eigenvalue weighted by molar-refractivity contribution is -0.274. The Bertz CT molecular complexity index is 1250. The van der Waals surface area contributed by atoms with Crippen molar-refractivity contribution in [2.75, 3.05) is 13.7 Å². The van der Waals surface area contributed by atoms with E-state index in [0.29, 0.717) is 11.2 Å². The number of ketones is 1. The number of aryl methyl sites for hydroxylation is 1. The number of alkyl halides is 3. The summed E-state index contributed by atoms with van der Waals surface area (Å²) in [4.78, 5) is 44.4. The predicted octanol–water partition coefficient (Wildman–Crippen LogP) is 4.33. The summed E-state index contributed by atoms with van der Waals surface area (Å²) in [6, 6.07) is 2.47. The van der Waals surface area contributed by atoms with Gasteiger partial charge in [0.05, 0.1) is 36.8 Å². The second kappa shape index (κ2) is 8.52. The van der Waals surface area contributed by atoms with Crippen LogP contribution in [-0.2, 0) is 14.3 Å².